The van der Waals surface area contributed by atoms with Gasteiger partial charge in [-0.05, 0) is 6.42 Å². The van der Waals surface area contributed by atoms with Crippen molar-refractivity contribution in [3.8, 4) is 0 Å². The summed E-state index contributed by atoms with van der Waals surface area (Å²) < 4.78 is 36.3. The Morgan fingerprint density at radius 2 is 1.41 bits per heavy atom. The molecule has 0 aromatic heterocycles. The Hall–Kier alpha value is 0.830. The van der Waals surface area contributed by atoms with Crippen LogP contribution in [-0.4, -0.2) is 43.1 Å². The van der Waals surface area contributed by atoms with Crippen LogP contribution in [0.1, 0.15) is 71.1 Å². The van der Waals surface area contributed by atoms with E-state index in [0.29, 0.717) is 6.61 Å². The number of unbranched alkanes of at least 4 members (excludes halogenated alkanes) is 9. The summed E-state index contributed by atoms with van der Waals surface area (Å²) in [6.07, 6.45) is 11.2. The molecular formula is C15H31NaO5S. The maximum absolute atomic E-state index is 10.4. The van der Waals surface area contributed by atoms with Gasteiger partial charge in [0.1, 0.15) is 0 Å². The maximum atomic E-state index is 10.4. The van der Waals surface area contributed by atoms with Crippen molar-refractivity contribution in [2.24, 2.45) is 0 Å². The van der Waals surface area contributed by atoms with Gasteiger partial charge in [-0.25, -0.2) is 8.42 Å². The first-order valence-corrected chi connectivity index (χ1v) is 9.73. The smallest absolute Gasteiger partial charge is 0.748 e. The van der Waals surface area contributed by atoms with E-state index in [1.807, 2.05) is 0 Å². The quantitative estimate of drug-likeness (QED) is 0.253. The molecular weight excluding hydrogens is 315 g/mol. The third kappa shape index (κ3) is 20.8. The Labute approximate surface area is 158 Å². The summed E-state index contributed by atoms with van der Waals surface area (Å²) in [5, 5.41) is 9.24. The zero-order valence-corrected chi connectivity index (χ0v) is 17.1. The minimum Gasteiger partial charge on any atom is -0.748 e. The van der Waals surface area contributed by atoms with Gasteiger partial charge in [0.25, 0.3) is 0 Å². The molecule has 0 fully saturated rings. The summed E-state index contributed by atoms with van der Waals surface area (Å²) in [7, 11) is -4.37. The number of aliphatic hydroxyl groups is 1. The van der Waals surface area contributed by atoms with Gasteiger partial charge in [-0.15, -0.1) is 0 Å². The van der Waals surface area contributed by atoms with Crippen molar-refractivity contribution < 1.29 is 52.4 Å². The van der Waals surface area contributed by atoms with Crippen LogP contribution in [0, 0.1) is 0 Å². The molecule has 0 aliphatic heterocycles. The van der Waals surface area contributed by atoms with Crippen LogP contribution in [0.25, 0.3) is 0 Å². The van der Waals surface area contributed by atoms with E-state index < -0.39 is 22.0 Å². The Morgan fingerprint density at radius 3 is 1.86 bits per heavy atom. The summed E-state index contributed by atoms with van der Waals surface area (Å²) in [6.45, 7) is 2.64. The molecule has 22 heavy (non-hydrogen) atoms. The Bertz CT molecular complexity index is 322. The average Bonchev–Trinajstić information content (AvgIpc) is 2.38. The fourth-order valence-electron chi connectivity index (χ4n) is 2.19. The fourth-order valence-corrected chi connectivity index (χ4v) is 2.76. The molecule has 128 valence electrons. The summed E-state index contributed by atoms with van der Waals surface area (Å²) >= 11 is 0. The zero-order valence-electron chi connectivity index (χ0n) is 14.3. The van der Waals surface area contributed by atoms with E-state index in [4.69, 9.17) is 4.74 Å². The Balaban J connectivity index is 0. The van der Waals surface area contributed by atoms with Crippen LogP contribution in [0.2, 0.25) is 0 Å². The molecule has 7 heteroatoms. The van der Waals surface area contributed by atoms with E-state index in [2.05, 4.69) is 6.92 Å². The van der Waals surface area contributed by atoms with Gasteiger partial charge in [0, 0.05) is 6.61 Å². The molecule has 0 spiro atoms. The molecule has 0 aromatic carbocycles. The van der Waals surface area contributed by atoms with Crippen molar-refractivity contribution in [2.75, 3.05) is 19.0 Å². The number of hydrogen-bond acceptors (Lipinski definition) is 5. The largest absolute Gasteiger partial charge is 1.00 e. The second-order valence-corrected chi connectivity index (χ2v) is 7.08. The molecule has 1 N–H and O–H groups in total. The van der Waals surface area contributed by atoms with Crippen molar-refractivity contribution in [2.45, 2.75) is 77.2 Å². The normalized spacial score (nSPS) is 12.9. The fraction of sp³-hybridized carbons (Fsp3) is 1.00. The molecule has 0 saturated heterocycles. The average molecular weight is 346 g/mol. The summed E-state index contributed by atoms with van der Waals surface area (Å²) in [4.78, 5) is 0. The van der Waals surface area contributed by atoms with Gasteiger partial charge in [0.05, 0.1) is 28.6 Å². The third-order valence-corrected chi connectivity index (χ3v) is 4.14. The molecule has 1 unspecified atom stereocenters. The number of ether oxygens (including phenoxy) is 1. The molecule has 0 saturated carbocycles. The number of rotatable bonds is 15. The predicted octanol–water partition coefficient (Wildman–Crippen LogP) is -0.166. The minimum absolute atomic E-state index is 0. The molecule has 0 amide bonds. The van der Waals surface area contributed by atoms with Crippen LogP contribution < -0.4 is 29.6 Å². The summed E-state index contributed by atoms with van der Waals surface area (Å²) in [5.74, 6) is -0.773. The molecule has 0 aliphatic carbocycles. The molecule has 0 aromatic rings. The van der Waals surface area contributed by atoms with E-state index in [9.17, 15) is 18.1 Å². The SMILES string of the molecule is CCCCCCCCCCCCOCC(O)CS(=O)(=O)[O-].[Na+]. The van der Waals surface area contributed by atoms with Gasteiger partial charge < -0.3 is 14.4 Å². The van der Waals surface area contributed by atoms with Gasteiger partial charge in [0.2, 0.25) is 0 Å². The van der Waals surface area contributed by atoms with E-state index in [-0.39, 0.29) is 36.2 Å². The molecule has 0 heterocycles. The van der Waals surface area contributed by atoms with Crippen LogP contribution in [0.5, 0.6) is 0 Å². The second-order valence-electron chi connectivity index (χ2n) is 5.64. The summed E-state index contributed by atoms with van der Waals surface area (Å²) in [5.41, 5.74) is 0. The van der Waals surface area contributed by atoms with Crippen molar-refractivity contribution in [3.05, 3.63) is 0 Å². The van der Waals surface area contributed by atoms with Crippen LogP contribution in [0.3, 0.4) is 0 Å². The number of aliphatic hydroxyl groups excluding tert-OH is 1. The van der Waals surface area contributed by atoms with Crippen molar-refractivity contribution in [1.29, 1.82) is 0 Å². The standard InChI is InChI=1S/C15H32O5S.Na/c1-2-3-4-5-6-7-8-9-10-11-12-20-13-15(16)14-21(17,18)19;/h15-16H,2-14H2,1H3,(H,17,18,19);/q;+1/p-1. The zero-order chi connectivity index (χ0) is 16.0. The molecule has 0 aliphatic rings. The van der Waals surface area contributed by atoms with Crippen LogP contribution in [0.4, 0.5) is 0 Å². The molecule has 5 nitrogen and oxygen atoms in total. The number of hydrogen-bond donors (Lipinski definition) is 1. The van der Waals surface area contributed by atoms with E-state index in [1.165, 1.54) is 51.4 Å². The molecule has 0 radical (unpaired) electrons. The van der Waals surface area contributed by atoms with Gasteiger partial charge in [-0.1, -0.05) is 64.7 Å². The topological polar surface area (TPSA) is 86.7 Å². The van der Waals surface area contributed by atoms with E-state index >= 15 is 0 Å². The first kappa shape index (κ1) is 25.1. The molecule has 0 rings (SSSR count). The van der Waals surface area contributed by atoms with E-state index in [1.54, 1.807) is 0 Å². The van der Waals surface area contributed by atoms with Gasteiger partial charge in [0.15, 0.2) is 0 Å². The Morgan fingerprint density at radius 1 is 0.955 bits per heavy atom. The van der Waals surface area contributed by atoms with Crippen LogP contribution in [-0.2, 0) is 14.9 Å². The first-order chi connectivity index (χ1) is 9.95. The second kappa shape index (κ2) is 16.7. The van der Waals surface area contributed by atoms with Crippen LogP contribution in [0.15, 0.2) is 0 Å². The third-order valence-electron chi connectivity index (χ3n) is 3.35. The molecule has 0 bridgehead atoms. The van der Waals surface area contributed by atoms with Gasteiger partial charge in [-0.3, -0.25) is 0 Å². The minimum atomic E-state index is -4.37. The van der Waals surface area contributed by atoms with E-state index in [0.717, 1.165) is 12.8 Å². The van der Waals surface area contributed by atoms with Crippen molar-refractivity contribution >= 4 is 10.1 Å². The summed E-state index contributed by atoms with van der Waals surface area (Å²) in [6, 6.07) is 0. The molecule has 1 atom stereocenters. The van der Waals surface area contributed by atoms with Gasteiger partial charge in [-0.2, -0.15) is 0 Å². The van der Waals surface area contributed by atoms with Gasteiger partial charge >= 0.3 is 29.6 Å². The van der Waals surface area contributed by atoms with Crippen molar-refractivity contribution in [1.82, 2.24) is 0 Å². The predicted molar refractivity (Wildman–Crippen MR) is 83.2 cm³/mol. The van der Waals surface area contributed by atoms with Crippen molar-refractivity contribution in [3.63, 3.8) is 0 Å². The Kier molecular flexibility index (Phi) is 19.0. The first-order valence-electron chi connectivity index (χ1n) is 8.15. The van der Waals surface area contributed by atoms with Crippen LogP contribution >= 0.6 is 0 Å². The maximum Gasteiger partial charge on any atom is 1.00 e. The monoisotopic (exact) mass is 346 g/mol.